The number of hydrogen-bond acceptors (Lipinski definition) is 4. The van der Waals surface area contributed by atoms with E-state index in [0.717, 1.165) is 15.6 Å². The molecule has 0 saturated carbocycles. The maximum Gasteiger partial charge on any atom is 0.293 e. The SMILES string of the molecule is O=C(Nc1nc2cc(Cl)ccc2s1)c1cc2ccccc2o1. The zero-order valence-corrected chi connectivity index (χ0v) is 12.7. The van der Waals surface area contributed by atoms with Crippen LogP contribution in [0.1, 0.15) is 10.6 Å². The first-order valence-corrected chi connectivity index (χ1v) is 7.74. The Morgan fingerprint density at radius 2 is 2.05 bits per heavy atom. The van der Waals surface area contributed by atoms with Gasteiger partial charge >= 0.3 is 0 Å². The van der Waals surface area contributed by atoms with Crippen molar-refractivity contribution in [1.82, 2.24) is 4.98 Å². The van der Waals surface area contributed by atoms with Crippen LogP contribution in [0.4, 0.5) is 5.13 Å². The van der Waals surface area contributed by atoms with E-state index in [1.165, 1.54) is 11.3 Å². The number of anilines is 1. The van der Waals surface area contributed by atoms with Gasteiger partial charge in [0.2, 0.25) is 0 Å². The number of nitrogens with zero attached hydrogens (tertiary/aromatic N) is 1. The van der Waals surface area contributed by atoms with Crippen LogP contribution in [0.15, 0.2) is 52.9 Å². The molecule has 0 unspecified atom stereocenters. The van der Waals surface area contributed by atoms with Crippen molar-refractivity contribution in [3.05, 3.63) is 59.3 Å². The maximum atomic E-state index is 12.3. The van der Waals surface area contributed by atoms with E-state index in [1.807, 2.05) is 30.3 Å². The fraction of sp³-hybridized carbons (Fsp3) is 0. The van der Waals surface area contributed by atoms with Crippen LogP contribution in [-0.4, -0.2) is 10.9 Å². The fourth-order valence-corrected chi connectivity index (χ4v) is 3.21. The Balaban J connectivity index is 1.64. The number of carbonyl (C=O) groups excluding carboxylic acids is 1. The first-order valence-electron chi connectivity index (χ1n) is 6.55. The lowest BCUT2D eigenvalue weighted by molar-refractivity contribution is 0.0998. The van der Waals surface area contributed by atoms with Crippen molar-refractivity contribution in [3.63, 3.8) is 0 Å². The summed E-state index contributed by atoms with van der Waals surface area (Å²) in [7, 11) is 0. The molecule has 0 saturated heterocycles. The van der Waals surface area contributed by atoms with Gasteiger partial charge in [0.25, 0.3) is 5.91 Å². The standard InChI is InChI=1S/C16H9ClN2O2S/c17-10-5-6-14-11(8-10)18-16(22-14)19-15(20)13-7-9-3-1-2-4-12(9)21-13/h1-8H,(H,18,19,20). The van der Waals surface area contributed by atoms with Crippen molar-refractivity contribution in [2.45, 2.75) is 0 Å². The number of fused-ring (bicyclic) bond motifs is 2. The summed E-state index contributed by atoms with van der Waals surface area (Å²) >= 11 is 7.33. The van der Waals surface area contributed by atoms with Crippen LogP contribution in [0.3, 0.4) is 0 Å². The van der Waals surface area contributed by atoms with Gasteiger partial charge in [0, 0.05) is 10.4 Å². The number of halogens is 1. The summed E-state index contributed by atoms with van der Waals surface area (Å²) in [5.74, 6) is -0.0557. The molecular formula is C16H9ClN2O2S. The number of nitrogens with one attached hydrogen (secondary N) is 1. The number of para-hydroxylation sites is 1. The third-order valence-electron chi connectivity index (χ3n) is 3.22. The van der Waals surface area contributed by atoms with E-state index < -0.39 is 0 Å². The minimum Gasteiger partial charge on any atom is -0.451 e. The molecule has 0 aliphatic heterocycles. The highest BCUT2D eigenvalue weighted by Gasteiger charge is 2.14. The van der Waals surface area contributed by atoms with Gasteiger partial charge in [-0.2, -0.15) is 0 Å². The van der Waals surface area contributed by atoms with E-state index in [-0.39, 0.29) is 11.7 Å². The van der Waals surface area contributed by atoms with Gasteiger partial charge in [-0.15, -0.1) is 0 Å². The van der Waals surface area contributed by atoms with E-state index in [4.69, 9.17) is 16.0 Å². The van der Waals surface area contributed by atoms with Crippen LogP contribution in [-0.2, 0) is 0 Å². The van der Waals surface area contributed by atoms with E-state index in [9.17, 15) is 4.79 Å². The van der Waals surface area contributed by atoms with Gasteiger partial charge in [-0.3, -0.25) is 10.1 Å². The predicted octanol–water partition coefficient (Wildman–Crippen LogP) is 4.95. The maximum absolute atomic E-state index is 12.3. The Morgan fingerprint density at radius 3 is 2.91 bits per heavy atom. The molecule has 1 amide bonds. The third-order valence-corrected chi connectivity index (χ3v) is 4.41. The molecule has 4 aromatic rings. The average Bonchev–Trinajstić information content (AvgIpc) is 3.09. The van der Waals surface area contributed by atoms with Crippen molar-refractivity contribution in [1.29, 1.82) is 0 Å². The molecule has 2 aromatic carbocycles. The molecular weight excluding hydrogens is 320 g/mol. The lowest BCUT2D eigenvalue weighted by atomic mass is 10.2. The van der Waals surface area contributed by atoms with Crippen LogP contribution < -0.4 is 5.32 Å². The molecule has 0 aliphatic carbocycles. The highest BCUT2D eigenvalue weighted by molar-refractivity contribution is 7.22. The summed E-state index contributed by atoms with van der Waals surface area (Å²) in [6, 6.07) is 14.7. The molecule has 108 valence electrons. The van der Waals surface area contributed by atoms with E-state index >= 15 is 0 Å². The van der Waals surface area contributed by atoms with Crippen molar-refractivity contribution in [2.24, 2.45) is 0 Å². The summed E-state index contributed by atoms with van der Waals surface area (Å²) in [5.41, 5.74) is 1.45. The molecule has 0 radical (unpaired) electrons. The zero-order chi connectivity index (χ0) is 15.1. The van der Waals surface area contributed by atoms with Crippen molar-refractivity contribution in [2.75, 3.05) is 5.32 Å². The minimum atomic E-state index is -0.318. The number of hydrogen-bond donors (Lipinski definition) is 1. The van der Waals surface area contributed by atoms with E-state index in [0.29, 0.717) is 15.7 Å². The zero-order valence-electron chi connectivity index (χ0n) is 11.2. The summed E-state index contributed by atoms with van der Waals surface area (Å²) in [4.78, 5) is 16.6. The smallest absolute Gasteiger partial charge is 0.293 e. The Kier molecular flexibility index (Phi) is 3.10. The van der Waals surface area contributed by atoms with Gasteiger partial charge in [-0.05, 0) is 30.3 Å². The monoisotopic (exact) mass is 328 g/mol. The second-order valence-corrected chi connectivity index (χ2v) is 6.20. The number of benzene rings is 2. The molecule has 2 aromatic heterocycles. The Labute approximate surface area is 134 Å². The first-order chi connectivity index (χ1) is 10.7. The molecule has 22 heavy (non-hydrogen) atoms. The van der Waals surface area contributed by atoms with Crippen LogP contribution in [0.5, 0.6) is 0 Å². The molecule has 0 fully saturated rings. The largest absolute Gasteiger partial charge is 0.451 e. The van der Waals surface area contributed by atoms with Gasteiger partial charge < -0.3 is 4.42 Å². The summed E-state index contributed by atoms with van der Waals surface area (Å²) in [6.45, 7) is 0. The Hall–Kier alpha value is -2.37. The van der Waals surface area contributed by atoms with Gasteiger partial charge in [0.1, 0.15) is 5.58 Å². The van der Waals surface area contributed by atoms with Crippen LogP contribution >= 0.6 is 22.9 Å². The molecule has 0 atom stereocenters. The molecule has 0 aliphatic rings. The van der Waals surface area contributed by atoms with Crippen molar-refractivity contribution < 1.29 is 9.21 Å². The second-order valence-electron chi connectivity index (χ2n) is 4.73. The fourth-order valence-electron chi connectivity index (χ4n) is 2.21. The summed E-state index contributed by atoms with van der Waals surface area (Å²) in [6.07, 6.45) is 0. The van der Waals surface area contributed by atoms with E-state index in [2.05, 4.69) is 10.3 Å². The van der Waals surface area contributed by atoms with Crippen LogP contribution in [0, 0.1) is 0 Å². The Morgan fingerprint density at radius 1 is 1.18 bits per heavy atom. The van der Waals surface area contributed by atoms with Crippen molar-refractivity contribution >= 4 is 55.2 Å². The number of furan rings is 1. The van der Waals surface area contributed by atoms with E-state index in [1.54, 1.807) is 18.2 Å². The minimum absolute atomic E-state index is 0.262. The van der Waals surface area contributed by atoms with Gasteiger partial charge in [0.05, 0.1) is 10.2 Å². The quantitative estimate of drug-likeness (QED) is 0.566. The second kappa shape index (κ2) is 5.12. The number of amides is 1. The van der Waals surface area contributed by atoms with Crippen LogP contribution in [0.2, 0.25) is 5.02 Å². The lowest BCUT2D eigenvalue weighted by Gasteiger charge is -1.96. The van der Waals surface area contributed by atoms with Gasteiger partial charge in [-0.25, -0.2) is 4.98 Å². The molecule has 1 N–H and O–H groups in total. The van der Waals surface area contributed by atoms with Gasteiger partial charge in [-0.1, -0.05) is 41.1 Å². The first kappa shape index (κ1) is 13.3. The summed E-state index contributed by atoms with van der Waals surface area (Å²) < 4.78 is 6.50. The highest BCUT2D eigenvalue weighted by Crippen LogP contribution is 2.28. The molecule has 0 spiro atoms. The highest BCUT2D eigenvalue weighted by atomic mass is 35.5. The topological polar surface area (TPSA) is 55.1 Å². The molecule has 4 nitrogen and oxygen atoms in total. The van der Waals surface area contributed by atoms with Gasteiger partial charge in [0.15, 0.2) is 10.9 Å². The predicted molar refractivity (Wildman–Crippen MR) is 88.8 cm³/mol. The van der Waals surface area contributed by atoms with Crippen LogP contribution in [0.25, 0.3) is 21.2 Å². The average molecular weight is 329 g/mol. The number of carbonyl (C=O) groups is 1. The normalized spacial score (nSPS) is 11.1. The molecule has 0 bridgehead atoms. The number of aromatic nitrogens is 1. The molecule has 6 heteroatoms. The third kappa shape index (κ3) is 2.34. The Bertz CT molecular complexity index is 973. The van der Waals surface area contributed by atoms with Crippen molar-refractivity contribution in [3.8, 4) is 0 Å². The number of rotatable bonds is 2. The molecule has 2 heterocycles. The lowest BCUT2D eigenvalue weighted by Crippen LogP contribution is -2.10. The number of thiazole rings is 1. The molecule has 4 rings (SSSR count). The summed E-state index contributed by atoms with van der Waals surface area (Å²) in [5, 5.41) is 4.79.